The molecule has 0 aliphatic heterocycles. The summed E-state index contributed by atoms with van der Waals surface area (Å²) in [6, 6.07) is 1.30. The van der Waals surface area contributed by atoms with E-state index in [1.54, 1.807) is 0 Å². The van der Waals surface area contributed by atoms with Crippen molar-refractivity contribution >= 4 is 10.8 Å². The van der Waals surface area contributed by atoms with Gasteiger partial charge in [-0.25, -0.2) is 0 Å². The first-order valence-electron chi connectivity index (χ1n) is 3.95. The number of hydrogen-bond donors (Lipinski definition) is 0. The van der Waals surface area contributed by atoms with Crippen molar-refractivity contribution in [3.05, 3.63) is 12.1 Å². The first-order chi connectivity index (χ1) is 6.19. The molecule has 0 aromatic carbocycles. The van der Waals surface area contributed by atoms with Gasteiger partial charge in [0.15, 0.2) is 0 Å². The SMILES string of the molecule is [2H]CS(=O)c1nnc(OC)cc1[2H]. The molecule has 1 atom stereocenters. The van der Waals surface area contributed by atoms with Crippen LogP contribution in [0.15, 0.2) is 17.1 Å². The van der Waals surface area contributed by atoms with Crippen molar-refractivity contribution in [1.29, 1.82) is 0 Å². The molecule has 11 heavy (non-hydrogen) atoms. The minimum Gasteiger partial charge on any atom is -0.480 e. The topological polar surface area (TPSA) is 52.1 Å². The zero-order chi connectivity index (χ0) is 9.84. The van der Waals surface area contributed by atoms with Crippen LogP contribution in [0.2, 0.25) is 0 Å². The third-order valence-corrected chi connectivity index (χ3v) is 1.61. The Bertz CT molecular complexity index is 334. The molecular formula is C6H8N2O2S. The van der Waals surface area contributed by atoms with Crippen LogP contribution in [0.4, 0.5) is 0 Å². The van der Waals surface area contributed by atoms with Crippen molar-refractivity contribution in [3.63, 3.8) is 0 Å². The van der Waals surface area contributed by atoms with Gasteiger partial charge in [0.05, 0.1) is 19.3 Å². The van der Waals surface area contributed by atoms with Crippen LogP contribution in [0, 0.1) is 0 Å². The molecule has 1 rings (SSSR count). The van der Waals surface area contributed by atoms with Crippen LogP contribution >= 0.6 is 0 Å². The molecule has 0 bridgehead atoms. The fourth-order valence-electron chi connectivity index (χ4n) is 0.487. The van der Waals surface area contributed by atoms with Crippen molar-refractivity contribution in [2.24, 2.45) is 0 Å². The summed E-state index contributed by atoms with van der Waals surface area (Å²) in [4.78, 5) is 0. The van der Waals surface area contributed by atoms with E-state index >= 15 is 0 Å². The highest BCUT2D eigenvalue weighted by Gasteiger charge is 1.99. The van der Waals surface area contributed by atoms with Crippen LogP contribution in [0.5, 0.6) is 5.88 Å². The Morgan fingerprint density at radius 2 is 2.64 bits per heavy atom. The Morgan fingerprint density at radius 1 is 1.82 bits per heavy atom. The van der Waals surface area contributed by atoms with E-state index in [0.717, 1.165) is 0 Å². The molecule has 0 aliphatic carbocycles. The standard InChI is InChI=1S/C6H8N2O2S/c1-10-5-3-4-6(8-7-5)11(2)9/h3-4H,1-2H3/i2D,4D. The van der Waals surface area contributed by atoms with Crippen LogP contribution in [-0.2, 0) is 10.8 Å². The van der Waals surface area contributed by atoms with Crippen molar-refractivity contribution in [1.82, 2.24) is 10.2 Å². The summed E-state index contributed by atoms with van der Waals surface area (Å²) in [5, 5.41) is 7.12. The zero-order valence-electron chi connectivity index (χ0n) is 7.90. The molecule has 0 amide bonds. The monoisotopic (exact) mass is 174 g/mol. The molecule has 0 aliphatic rings. The van der Waals surface area contributed by atoms with Gasteiger partial charge in [0, 0.05) is 13.7 Å². The first kappa shape index (κ1) is 5.65. The van der Waals surface area contributed by atoms with E-state index in [1.807, 2.05) is 0 Å². The second-order valence-corrected chi connectivity index (χ2v) is 2.76. The van der Waals surface area contributed by atoms with Gasteiger partial charge in [-0.1, -0.05) is 0 Å². The fourth-order valence-corrected chi connectivity index (χ4v) is 0.809. The summed E-state index contributed by atoms with van der Waals surface area (Å²) < 4.78 is 30.1. The lowest BCUT2D eigenvalue weighted by molar-refractivity contribution is 0.390. The normalized spacial score (nSPS) is 15.0. The second-order valence-electron chi connectivity index (χ2n) is 1.68. The highest BCUT2D eigenvalue weighted by Crippen LogP contribution is 2.05. The largest absolute Gasteiger partial charge is 0.480 e. The van der Waals surface area contributed by atoms with Gasteiger partial charge in [-0.15, -0.1) is 10.2 Å². The zero-order valence-corrected chi connectivity index (χ0v) is 6.72. The van der Waals surface area contributed by atoms with E-state index in [2.05, 4.69) is 10.2 Å². The van der Waals surface area contributed by atoms with Gasteiger partial charge in [0.1, 0.15) is 5.03 Å². The maximum absolute atomic E-state index is 11.1. The summed E-state index contributed by atoms with van der Waals surface area (Å²) >= 11 is 0. The van der Waals surface area contributed by atoms with Crippen LogP contribution in [0.3, 0.4) is 0 Å². The lowest BCUT2D eigenvalue weighted by atomic mass is 10.6. The van der Waals surface area contributed by atoms with Crippen molar-refractivity contribution < 1.29 is 11.7 Å². The summed E-state index contributed by atoms with van der Waals surface area (Å²) in [6.07, 6.45) is -0.313. The smallest absolute Gasteiger partial charge is 0.233 e. The molecule has 0 spiro atoms. The molecule has 0 saturated carbocycles. The average molecular weight is 174 g/mol. The molecule has 4 nitrogen and oxygen atoms in total. The maximum atomic E-state index is 11.1. The molecule has 1 heterocycles. The summed E-state index contributed by atoms with van der Waals surface area (Å²) in [5.41, 5.74) is 0. The summed E-state index contributed by atoms with van der Waals surface area (Å²) in [7, 11) is -0.155. The van der Waals surface area contributed by atoms with Crippen molar-refractivity contribution in [3.8, 4) is 5.88 Å². The molecule has 0 radical (unpaired) electrons. The van der Waals surface area contributed by atoms with Crippen LogP contribution in [0.25, 0.3) is 0 Å². The number of rotatable bonds is 2. The van der Waals surface area contributed by atoms with Gasteiger partial charge in [-0.3, -0.25) is 4.21 Å². The third kappa shape index (κ3) is 1.98. The van der Waals surface area contributed by atoms with E-state index in [4.69, 9.17) is 7.48 Å². The number of nitrogens with zero attached hydrogens (tertiary/aromatic N) is 2. The Morgan fingerprint density at radius 3 is 3.18 bits per heavy atom. The van der Waals surface area contributed by atoms with Gasteiger partial charge in [0.2, 0.25) is 5.88 Å². The van der Waals surface area contributed by atoms with Gasteiger partial charge in [-0.2, -0.15) is 0 Å². The Labute approximate surface area is 69.9 Å². The molecule has 1 aromatic rings. The third-order valence-electron chi connectivity index (χ3n) is 0.983. The quantitative estimate of drug-likeness (QED) is 0.643. The van der Waals surface area contributed by atoms with Gasteiger partial charge in [0.25, 0.3) is 0 Å². The lowest BCUT2D eigenvalue weighted by Gasteiger charge is -1.96. The van der Waals surface area contributed by atoms with Crippen molar-refractivity contribution in [2.45, 2.75) is 5.03 Å². The molecule has 5 heteroatoms. The summed E-state index contributed by atoms with van der Waals surface area (Å²) in [5.74, 6) is 0.204. The van der Waals surface area contributed by atoms with Gasteiger partial charge >= 0.3 is 0 Å². The second kappa shape index (κ2) is 3.43. The Kier molecular flexibility index (Phi) is 1.76. The first-order valence-corrected chi connectivity index (χ1v) is 4.07. The van der Waals surface area contributed by atoms with E-state index in [9.17, 15) is 4.21 Å². The van der Waals surface area contributed by atoms with Gasteiger partial charge in [-0.05, 0) is 6.04 Å². The molecule has 1 aromatic heterocycles. The minimum atomic E-state index is -1.56. The van der Waals surface area contributed by atoms with E-state index in [1.165, 1.54) is 13.2 Å². The average Bonchev–Trinajstić information content (AvgIpc) is 2.16. The molecule has 0 N–H and O–H groups in total. The predicted octanol–water partition coefficient (Wildman–Crippen LogP) is 0.223. The number of aromatic nitrogens is 2. The number of hydrogen-bond acceptors (Lipinski definition) is 4. The molecule has 60 valence electrons. The number of ether oxygens (including phenoxy) is 1. The molecule has 1 unspecified atom stereocenters. The Hall–Kier alpha value is -0.970. The van der Waals surface area contributed by atoms with Crippen molar-refractivity contribution in [2.75, 3.05) is 13.3 Å². The molecular weight excluding hydrogens is 164 g/mol. The van der Waals surface area contributed by atoms with E-state index < -0.39 is 10.8 Å². The van der Waals surface area contributed by atoms with Crippen LogP contribution < -0.4 is 4.74 Å². The predicted molar refractivity (Wildman–Crippen MR) is 40.9 cm³/mol. The number of methoxy groups -OCH3 is 1. The van der Waals surface area contributed by atoms with E-state index in [0.29, 0.717) is 0 Å². The minimum absolute atomic E-state index is 0.0163. The molecule has 0 fully saturated rings. The molecule has 0 saturated heterocycles. The Balaban J connectivity index is 3.05. The fraction of sp³-hybridized carbons (Fsp3) is 0.333. The highest BCUT2D eigenvalue weighted by molar-refractivity contribution is 7.84. The summed E-state index contributed by atoms with van der Waals surface area (Å²) in [6.45, 7) is 0. The van der Waals surface area contributed by atoms with Crippen LogP contribution in [-0.4, -0.2) is 27.7 Å². The van der Waals surface area contributed by atoms with E-state index in [-0.39, 0.29) is 23.2 Å². The maximum Gasteiger partial charge on any atom is 0.233 e. The van der Waals surface area contributed by atoms with Crippen LogP contribution in [0.1, 0.15) is 2.74 Å². The highest BCUT2D eigenvalue weighted by atomic mass is 32.2. The van der Waals surface area contributed by atoms with Gasteiger partial charge < -0.3 is 4.74 Å². The lowest BCUT2D eigenvalue weighted by Crippen LogP contribution is -1.96.